The molecule has 0 amide bonds. The second kappa shape index (κ2) is 10.00. The summed E-state index contributed by atoms with van der Waals surface area (Å²) in [6.07, 6.45) is 1.60. The molecule has 5 atom stereocenters. The maximum atomic E-state index is 17.2. The van der Waals surface area contributed by atoms with Crippen LogP contribution in [0.3, 0.4) is 0 Å². The number of alkyl halides is 1. The number of hydrogen-bond donors (Lipinski definition) is 2. The van der Waals surface area contributed by atoms with Gasteiger partial charge in [0.2, 0.25) is 0 Å². The molecule has 0 unspecified atom stereocenters. The van der Waals surface area contributed by atoms with E-state index in [-0.39, 0.29) is 84.2 Å². The molecule has 0 aliphatic carbocycles. The van der Waals surface area contributed by atoms with Crippen molar-refractivity contribution in [3.8, 4) is 29.0 Å². The van der Waals surface area contributed by atoms with E-state index in [9.17, 15) is 9.65 Å². The van der Waals surface area contributed by atoms with Crippen molar-refractivity contribution in [2.45, 2.75) is 61.9 Å². The van der Waals surface area contributed by atoms with Gasteiger partial charge in [-0.2, -0.15) is 15.2 Å². The number of nitrogen functional groups attached to an aromatic ring is 1. The van der Waals surface area contributed by atoms with Crippen LogP contribution in [0.5, 0.6) is 11.8 Å². The van der Waals surface area contributed by atoms with E-state index >= 15 is 4.39 Å². The number of thiophene rings is 1. The Labute approximate surface area is 269 Å². The van der Waals surface area contributed by atoms with Crippen LogP contribution < -0.4 is 25.4 Å². The SMILES string of the molecule is [2H]C1([2H])CC[C@@]2(COc3nc4c5c(c(Cl)c(-c6cccc7sc(N)c(C#N)c67)c(F)c5n3)OC[C@@H]3[C@@H]5CC[C@H](CN43)N5)C[C@@H](F)CN12. The third kappa shape index (κ3) is 4.00. The molecule has 13 heteroatoms. The Balaban J connectivity index is 1.24. The fourth-order valence-electron chi connectivity index (χ4n) is 8.15. The zero-order valence-corrected chi connectivity index (χ0v) is 25.6. The van der Waals surface area contributed by atoms with Gasteiger partial charge in [0.15, 0.2) is 11.6 Å². The minimum Gasteiger partial charge on any atom is -0.489 e. The number of hydrogen-bond acceptors (Lipinski definition) is 10. The van der Waals surface area contributed by atoms with Gasteiger partial charge in [-0.15, -0.1) is 11.3 Å². The minimum absolute atomic E-state index is 0.00800. The Morgan fingerprint density at radius 3 is 3.07 bits per heavy atom. The molecule has 0 saturated carbocycles. The summed E-state index contributed by atoms with van der Waals surface area (Å²) < 4.78 is 62.2. The number of rotatable bonds is 4. The Bertz CT molecular complexity index is 2040. The summed E-state index contributed by atoms with van der Waals surface area (Å²) >= 11 is 8.34. The first-order valence-electron chi connectivity index (χ1n) is 16.2. The molecule has 4 aromatic rings. The number of halogens is 3. The van der Waals surface area contributed by atoms with Crippen LogP contribution in [0.15, 0.2) is 18.2 Å². The van der Waals surface area contributed by atoms with E-state index in [0.29, 0.717) is 44.8 Å². The zero-order chi connectivity index (χ0) is 32.4. The van der Waals surface area contributed by atoms with Crippen molar-refractivity contribution >= 4 is 54.7 Å². The summed E-state index contributed by atoms with van der Waals surface area (Å²) in [6, 6.07) is 7.62. The molecular weight excluding hydrogens is 620 g/mol. The Morgan fingerprint density at radius 2 is 2.20 bits per heavy atom. The molecule has 232 valence electrons. The highest BCUT2D eigenvalue weighted by Gasteiger charge is 2.50. The summed E-state index contributed by atoms with van der Waals surface area (Å²) in [5.74, 6) is -0.00600. The molecule has 5 aliphatic rings. The first-order chi connectivity index (χ1) is 22.6. The number of benzene rings is 2. The van der Waals surface area contributed by atoms with Crippen LogP contribution in [0.2, 0.25) is 5.02 Å². The number of nitrogens with one attached hydrogen (secondary N) is 1. The largest absolute Gasteiger partial charge is 0.489 e. The number of ether oxygens (including phenoxy) is 2. The average molecular weight is 652 g/mol. The predicted octanol–water partition coefficient (Wildman–Crippen LogP) is 5.41. The Morgan fingerprint density at radius 1 is 1.31 bits per heavy atom. The number of nitrogens with zero attached hydrogens (tertiary/aromatic N) is 5. The molecule has 2 bridgehead atoms. The number of nitriles is 1. The smallest absolute Gasteiger partial charge is 0.319 e. The molecule has 7 heterocycles. The fourth-order valence-corrected chi connectivity index (χ4v) is 9.43. The standard InChI is InChI=1S/C32H30ClF2N7O2S/c33-25-23(17-3-1-4-21-22(17)18(10-36)29(37)45-21)26(35)27-24-28(25)43-13-20-19-6-5-16(38-19)12-42(20)30(24)40-31(39-27)44-14-32-7-2-8-41(32)11-15(34)9-32/h1,3-4,15-16,19-20,38H,2,5-9,11-14,37H2/t15-,16-,19+,20-,32+/m1/s1/i8D2. The number of aromatic nitrogens is 2. The van der Waals surface area contributed by atoms with E-state index in [4.69, 9.17) is 34.5 Å². The normalized spacial score (nSPS) is 30.4. The third-order valence-electron chi connectivity index (χ3n) is 10.2. The summed E-state index contributed by atoms with van der Waals surface area (Å²) in [5.41, 5.74) is 5.97. The van der Waals surface area contributed by atoms with Crippen LogP contribution in [-0.4, -0.2) is 77.5 Å². The number of anilines is 2. The van der Waals surface area contributed by atoms with E-state index in [1.165, 1.54) is 11.3 Å². The van der Waals surface area contributed by atoms with Gasteiger partial charge >= 0.3 is 6.01 Å². The molecule has 9 nitrogen and oxygen atoms in total. The lowest BCUT2D eigenvalue weighted by atomic mass is 9.95. The van der Waals surface area contributed by atoms with Gasteiger partial charge in [-0.05, 0) is 43.8 Å². The van der Waals surface area contributed by atoms with Crippen molar-refractivity contribution < 1.29 is 21.0 Å². The molecule has 2 aromatic carbocycles. The molecule has 4 fully saturated rings. The van der Waals surface area contributed by atoms with Gasteiger partial charge in [-0.25, -0.2) is 8.78 Å². The fraction of sp³-hybridized carbons (Fsp3) is 0.469. The summed E-state index contributed by atoms with van der Waals surface area (Å²) in [7, 11) is 0. The summed E-state index contributed by atoms with van der Waals surface area (Å²) in [5, 5.41) is 14.8. The second-order valence-electron chi connectivity index (χ2n) is 12.7. The summed E-state index contributed by atoms with van der Waals surface area (Å²) in [6.45, 7) is -0.799. The van der Waals surface area contributed by atoms with Crippen LogP contribution >= 0.6 is 22.9 Å². The molecule has 4 saturated heterocycles. The average Bonchev–Trinajstić information content (AvgIpc) is 3.73. The highest BCUT2D eigenvalue weighted by Crippen LogP contribution is 2.51. The topological polar surface area (TPSA) is 113 Å². The molecule has 0 radical (unpaired) electrons. The first kappa shape index (κ1) is 25.7. The second-order valence-corrected chi connectivity index (χ2v) is 14.1. The van der Waals surface area contributed by atoms with Crippen LogP contribution in [0.25, 0.3) is 32.1 Å². The molecule has 5 aliphatic heterocycles. The van der Waals surface area contributed by atoms with Crippen LogP contribution in [0, 0.1) is 17.1 Å². The number of piperazine rings is 1. The van der Waals surface area contributed by atoms with Gasteiger partial charge in [0.05, 0.1) is 27.6 Å². The van der Waals surface area contributed by atoms with E-state index in [2.05, 4.69) is 21.3 Å². The van der Waals surface area contributed by atoms with Gasteiger partial charge in [0.25, 0.3) is 0 Å². The van der Waals surface area contributed by atoms with Crippen LogP contribution in [0.4, 0.5) is 19.6 Å². The Hall–Kier alpha value is -3.50. The third-order valence-corrected chi connectivity index (χ3v) is 11.6. The zero-order valence-electron chi connectivity index (χ0n) is 26.1. The van der Waals surface area contributed by atoms with Crippen molar-refractivity contribution in [2.24, 2.45) is 0 Å². The molecular formula is C32H30ClF2N7O2S. The van der Waals surface area contributed by atoms with E-state index in [1.807, 2.05) is 6.07 Å². The van der Waals surface area contributed by atoms with Crippen molar-refractivity contribution in [1.29, 1.82) is 5.26 Å². The highest BCUT2D eigenvalue weighted by molar-refractivity contribution is 7.23. The lowest BCUT2D eigenvalue weighted by Crippen LogP contribution is -2.60. The van der Waals surface area contributed by atoms with Crippen LogP contribution in [-0.2, 0) is 0 Å². The van der Waals surface area contributed by atoms with E-state index in [0.717, 1.165) is 12.8 Å². The van der Waals surface area contributed by atoms with Crippen LogP contribution in [0.1, 0.15) is 40.4 Å². The lowest BCUT2D eigenvalue weighted by molar-refractivity contribution is 0.107. The van der Waals surface area contributed by atoms with E-state index < -0.39 is 24.0 Å². The van der Waals surface area contributed by atoms with Gasteiger partial charge in [-0.3, -0.25) is 4.90 Å². The quantitative estimate of drug-likeness (QED) is 0.299. The minimum atomic E-state index is -1.65. The highest BCUT2D eigenvalue weighted by atomic mass is 35.5. The van der Waals surface area contributed by atoms with E-state index in [1.54, 1.807) is 17.0 Å². The molecule has 2 aromatic heterocycles. The maximum Gasteiger partial charge on any atom is 0.319 e. The molecule has 45 heavy (non-hydrogen) atoms. The van der Waals surface area contributed by atoms with Crippen molar-refractivity contribution in [2.75, 3.05) is 43.4 Å². The van der Waals surface area contributed by atoms with Crippen molar-refractivity contribution in [1.82, 2.24) is 20.2 Å². The lowest BCUT2D eigenvalue weighted by Gasteiger charge is -2.40. The number of fused-ring (bicyclic) bond motifs is 7. The molecule has 3 N–H and O–H groups in total. The monoisotopic (exact) mass is 651 g/mol. The van der Waals surface area contributed by atoms with Gasteiger partial charge in [0, 0.05) is 50.0 Å². The predicted molar refractivity (Wildman–Crippen MR) is 170 cm³/mol. The van der Waals surface area contributed by atoms with Gasteiger partial charge in [-0.1, -0.05) is 23.7 Å². The summed E-state index contributed by atoms with van der Waals surface area (Å²) in [4.78, 5) is 13.2. The molecule has 0 spiro atoms. The maximum absolute atomic E-state index is 17.2. The molecule has 9 rings (SSSR count). The van der Waals surface area contributed by atoms with Gasteiger partial charge < -0.3 is 25.4 Å². The first-order valence-corrected chi connectivity index (χ1v) is 16.4. The van der Waals surface area contributed by atoms with Crippen molar-refractivity contribution in [3.63, 3.8) is 0 Å². The Kier molecular flexibility index (Phi) is 5.70. The number of nitrogens with two attached hydrogens (primary N) is 1. The van der Waals surface area contributed by atoms with Crippen molar-refractivity contribution in [3.05, 3.63) is 34.6 Å². The van der Waals surface area contributed by atoms with Gasteiger partial charge in [0.1, 0.15) is 41.8 Å².